The van der Waals surface area contributed by atoms with E-state index < -0.39 is 11.6 Å². The second kappa shape index (κ2) is 9.08. The Morgan fingerprint density at radius 1 is 0.567 bits per heavy atom. The molecule has 0 fully saturated rings. The van der Waals surface area contributed by atoms with E-state index in [4.69, 9.17) is 0 Å². The van der Waals surface area contributed by atoms with Crippen molar-refractivity contribution < 1.29 is 5.11 Å². The van der Waals surface area contributed by atoms with E-state index in [2.05, 4.69) is 78.1 Å². The maximum Gasteiger partial charge on any atom is 0.0950 e. The lowest BCUT2D eigenvalue weighted by atomic mass is 9.76. The third kappa shape index (κ3) is 3.93. The Kier molecular flexibility index (Phi) is 6.08. The lowest BCUT2D eigenvalue weighted by Gasteiger charge is -2.40. The first-order valence-electron chi connectivity index (χ1n) is 10.4. The van der Waals surface area contributed by atoms with Crippen LogP contribution in [0.5, 0.6) is 0 Å². The molecule has 0 radical (unpaired) electrons. The maximum atomic E-state index is 11.1. The van der Waals surface area contributed by atoms with Gasteiger partial charge in [-0.2, -0.15) is 0 Å². The van der Waals surface area contributed by atoms with Crippen LogP contribution >= 0.6 is 0 Å². The second-order valence-electron chi connectivity index (χ2n) is 7.64. The van der Waals surface area contributed by atoms with Crippen LogP contribution in [0.1, 0.15) is 35.3 Å². The van der Waals surface area contributed by atoms with E-state index in [0.717, 1.165) is 22.3 Å². The van der Waals surface area contributed by atoms with Crippen LogP contribution in [-0.2, 0) is 5.54 Å². The average Bonchev–Trinajstić information content (AvgIpc) is 2.84. The third-order valence-electron chi connectivity index (χ3n) is 5.68. The monoisotopic (exact) mass is 393 g/mol. The zero-order valence-corrected chi connectivity index (χ0v) is 17.1. The molecule has 0 saturated carbocycles. The summed E-state index contributed by atoms with van der Waals surface area (Å²) >= 11 is 0. The van der Waals surface area contributed by atoms with Crippen LogP contribution in [0, 0.1) is 0 Å². The molecule has 0 unspecified atom stereocenters. The van der Waals surface area contributed by atoms with E-state index in [1.807, 2.05) is 55.5 Å². The molecule has 0 amide bonds. The summed E-state index contributed by atoms with van der Waals surface area (Å²) in [6.07, 6.45) is -0.637. The van der Waals surface area contributed by atoms with Crippen molar-refractivity contribution in [3.63, 3.8) is 0 Å². The van der Waals surface area contributed by atoms with Crippen LogP contribution < -0.4 is 5.32 Å². The van der Waals surface area contributed by atoms with Crippen LogP contribution in [-0.4, -0.2) is 11.1 Å². The van der Waals surface area contributed by atoms with Crippen molar-refractivity contribution in [3.8, 4) is 0 Å². The number of nitrogens with one attached hydrogen (secondary N) is 1. The highest BCUT2D eigenvalue weighted by molar-refractivity contribution is 5.49. The molecule has 4 aromatic rings. The smallest absolute Gasteiger partial charge is 0.0950 e. The number of rotatable bonds is 7. The van der Waals surface area contributed by atoms with Gasteiger partial charge in [-0.15, -0.1) is 0 Å². The minimum Gasteiger partial charge on any atom is -0.387 e. The maximum absolute atomic E-state index is 11.1. The van der Waals surface area contributed by atoms with Crippen molar-refractivity contribution in [2.24, 2.45) is 0 Å². The Balaban J connectivity index is 1.87. The second-order valence-corrected chi connectivity index (χ2v) is 7.64. The largest absolute Gasteiger partial charge is 0.387 e. The molecule has 2 atom stereocenters. The number of hydrogen-bond donors (Lipinski definition) is 2. The molecule has 2 N–H and O–H groups in total. The van der Waals surface area contributed by atoms with Crippen molar-refractivity contribution in [1.82, 2.24) is 5.32 Å². The highest BCUT2D eigenvalue weighted by Gasteiger charge is 2.38. The summed E-state index contributed by atoms with van der Waals surface area (Å²) < 4.78 is 0. The van der Waals surface area contributed by atoms with E-state index in [0.29, 0.717) is 0 Å². The molecule has 0 heterocycles. The van der Waals surface area contributed by atoms with E-state index in [1.165, 1.54) is 0 Å². The summed E-state index contributed by atoms with van der Waals surface area (Å²) in [5, 5.41) is 15.0. The Hall–Kier alpha value is -3.20. The van der Waals surface area contributed by atoms with Gasteiger partial charge in [0.15, 0.2) is 0 Å². The molecule has 4 aromatic carbocycles. The Morgan fingerprint density at radius 3 is 1.27 bits per heavy atom. The van der Waals surface area contributed by atoms with E-state index >= 15 is 0 Å². The fourth-order valence-corrected chi connectivity index (χ4v) is 4.17. The predicted molar refractivity (Wildman–Crippen MR) is 123 cm³/mol. The Morgan fingerprint density at radius 2 is 0.900 bits per heavy atom. The van der Waals surface area contributed by atoms with E-state index in [9.17, 15) is 5.11 Å². The minimum absolute atomic E-state index is 0.201. The van der Waals surface area contributed by atoms with E-state index in [-0.39, 0.29) is 6.04 Å². The normalized spacial score (nSPS) is 13.5. The first kappa shape index (κ1) is 20.1. The fourth-order valence-electron chi connectivity index (χ4n) is 4.17. The third-order valence-corrected chi connectivity index (χ3v) is 5.68. The van der Waals surface area contributed by atoms with Gasteiger partial charge in [-0.1, -0.05) is 121 Å². The molecule has 0 spiro atoms. The van der Waals surface area contributed by atoms with Gasteiger partial charge in [0.25, 0.3) is 0 Å². The molecular weight excluding hydrogens is 366 g/mol. The Bertz CT molecular complexity index is 936. The SMILES string of the molecule is C[C@H](NC(c1ccccc1)(c1ccccc1)c1ccccc1)[C@H](O)c1ccccc1. The minimum atomic E-state index is -0.637. The van der Waals surface area contributed by atoms with Crippen molar-refractivity contribution in [2.75, 3.05) is 0 Å². The standard InChI is InChI=1S/C28H27NO/c1-22(27(30)23-14-6-2-7-15-23)29-28(24-16-8-3-9-17-24,25-18-10-4-11-19-25)26-20-12-5-13-21-26/h2-22,27,29-30H,1H3/t22-,27-/m0/s1. The topological polar surface area (TPSA) is 32.3 Å². The molecule has 0 aliphatic heterocycles. The van der Waals surface area contributed by atoms with Gasteiger partial charge in [0, 0.05) is 6.04 Å². The average molecular weight is 394 g/mol. The molecule has 0 aliphatic rings. The van der Waals surface area contributed by atoms with Gasteiger partial charge in [0.2, 0.25) is 0 Å². The molecule has 0 bridgehead atoms. The van der Waals surface area contributed by atoms with Crippen LogP contribution in [0.3, 0.4) is 0 Å². The van der Waals surface area contributed by atoms with Gasteiger partial charge in [-0.25, -0.2) is 0 Å². The van der Waals surface area contributed by atoms with Gasteiger partial charge in [-0.3, -0.25) is 5.32 Å². The number of aliphatic hydroxyl groups excluding tert-OH is 1. The summed E-state index contributed by atoms with van der Waals surface area (Å²) in [6, 6.07) is 41.0. The first-order chi connectivity index (χ1) is 14.7. The Labute approximate surface area is 178 Å². The molecule has 0 aromatic heterocycles. The summed E-state index contributed by atoms with van der Waals surface area (Å²) in [6.45, 7) is 2.04. The van der Waals surface area contributed by atoms with Crippen LogP contribution in [0.25, 0.3) is 0 Å². The van der Waals surface area contributed by atoms with E-state index in [1.54, 1.807) is 0 Å². The molecule has 2 heteroatoms. The van der Waals surface area contributed by atoms with Gasteiger partial charge in [0.05, 0.1) is 11.6 Å². The number of benzene rings is 4. The lowest BCUT2D eigenvalue weighted by Crippen LogP contribution is -2.50. The summed E-state index contributed by atoms with van der Waals surface area (Å²) in [5.41, 5.74) is 3.71. The van der Waals surface area contributed by atoms with Gasteiger partial charge < -0.3 is 5.11 Å². The summed E-state index contributed by atoms with van der Waals surface area (Å²) in [7, 11) is 0. The van der Waals surface area contributed by atoms with Crippen molar-refractivity contribution >= 4 is 0 Å². The van der Waals surface area contributed by atoms with Crippen molar-refractivity contribution in [2.45, 2.75) is 24.6 Å². The van der Waals surface area contributed by atoms with Gasteiger partial charge in [0.1, 0.15) is 0 Å². The first-order valence-corrected chi connectivity index (χ1v) is 10.4. The molecule has 0 saturated heterocycles. The van der Waals surface area contributed by atoms with Gasteiger partial charge >= 0.3 is 0 Å². The van der Waals surface area contributed by atoms with Crippen molar-refractivity contribution in [3.05, 3.63) is 144 Å². The quantitative estimate of drug-likeness (QED) is 0.395. The molecule has 2 nitrogen and oxygen atoms in total. The van der Waals surface area contributed by atoms with Crippen LogP contribution in [0.15, 0.2) is 121 Å². The number of hydrogen-bond acceptors (Lipinski definition) is 2. The predicted octanol–water partition coefficient (Wildman–Crippen LogP) is 5.69. The summed E-state index contributed by atoms with van der Waals surface area (Å²) in [4.78, 5) is 0. The van der Waals surface area contributed by atoms with Crippen LogP contribution in [0.4, 0.5) is 0 Å². The highest BCUT2D eigenvalue weighted by atomic mass is 16.3. The fraction of sp³-hybridized carbons (Fsp3) is 0.143. The molecule has 30 heavy (non-hydrogen) atoms. The lowest BCUT2D eigenvalue weighted by molar-refractivity contribution is 0.124. The van der Waals surface area contributed by atoms with Crippen LogP contribution in [0.2, 0.25) is 0 Å². The molecule has 0 aliphatic carbocycles. The zero-order chi connectivity index (χ0) is 20.8. The van der Waals surface area contributed by atoms with Gasteiger partial charge in [-0.05, 0) is 29.2 Å². The number of aliphatic hydroxyl groups is 1. The molecule has 150 valence electrons. The molecule has 4 rings (SSSR count). The summed E-state index contributed by atoms with van der Waals surface area (Å²) in [5.74, 6) is 0. The zero-order valence-electron chi connectivity index (χ0n) is 17.1. The highest BCUT2D eigenvalue weighted by Crippen LogP contribution is 2.38. The van der Waals surface area contributed by atoms with Crippen molar-refractivity contribution in [1.29, 1.82) is 0 Å². The molecular formula is C28H27NO.